The largest absolute Gasteiger partial charge is 0.353 e. The molecule has 1 saturated heterocycles. The van der Waals surface area contributed by atoms with Gasteiger partial charge < -0.3 is 10.2 Å². The Labute approximate surface area is 114 Å². The summed E-state index contributed by atoms with van der Waals surface area (Å²) in [4.78, 5) is 24.6. The number of benzene rings is 1. The van der Waals surface area contributed by atoms with Gasteiger partial charge >= 0.3 is 0 Å². The molecule has 96 valence electrons. The molecule has 1 aromatic carbocycles. The van der Waals surface area contributed by atoms with Crippen molar-refractivity contribution in [1.82, 2.24) is 10.6 Å². The molecule has 0 spiro atoms. The van der Waals surface area contributed by atoms with Crippen LogP contribution in [0.25, 0.3) is 0 Å². The molecular formula is C12H14BrN3O2. The van der Waals surface area contributed by atoms with Crippen molar-refractivity contribution in [3.8, 4) is 0 Å². The molecule has 0 aromatic heterocycles. The number of nitrogens with zero attached hydrogens (tertiary/aromatic N) is 1. The maximum Gasteiger partial charge on any atom is 0.246 e. The Morgan fingerprint density at radius 2 is 2.00 bits per heavy atom. The van der Waals surface area contributed by atoms with Gasteiger partial charge in [0.25, 0.3) is 0 Å². The first-order valence-electron chi connectivity index (χ1n) is 5.61. The molecule has 1 aliphatic rings. The highest BCUT2D eigenvalue weighted by Gasteiger charge is 2.24. The second-order valence-electron chi connectivity index (χ2n) is 4.13. The molecule has 1 aliphatic heterocycles. The summed E-state index contributed by atoms with van der Waals surface area (Å²) in [6.45, 7) is 1.11. The fourth-order valence-corrected chi connectivity index (χ4v) is 2.41. The molecule has 0 bridgehead atoms. The Balaban J connectivity index is 2.31. The number of piperazine rings is 1. The standard InChI is InChI=1S/C12H14BrN3O2/c1-14-5-8-4-9(13)2-3-10(8)16-6-11(17)15-12(18)7-16/h2-4,14H,5-7H2,1H3,(H,15,17,18). The van der Waals surface area contributed by atoms with Crippen LogP contribution >= 0.6 is 15.9 Å². The molecule has 0 saturated carbocycles. The second kappa shape index (κ2) is 5.49. The summed E-state index contributed by atoms with van der Waals surface area (Å²) in [5, 5.41) is 5.38. The fraction of sp³-hybridized carbons (Fsp3) is 0.333. The number of hydrogen-bond donors (Lipinski definition) is 2. The SMILES string of the molecule is CNCc1cc(Br)ccc1N1CC(=O)NC(=O)C1. The van der Waals surface area contributed by atoms with Gasteiger partial charge in [0.15, 0.2) is 0 Å². The third-order valence-electron chi connectivity index (χ3n) is 2.70. The molecule has 1 fully saturated rings. The molecular weight excluding hydrogens is 298 g/mol. The molecule has 0 atom stereocenters. The summed E-state index contributed by atoms with van der Waals surface area (Å²) < 4.78 is 0.976. The van der Waals surface area contributed by atoms with Crippen LogP contribution in [0.15, 0.2) is 22.7 Å². The minimum Gasteiger partial charge on any atom is -0.353 e. The van der Waals surface area contributed by atoms with Gasteiger partial charge in [0.2, 0.25) is 11.8 Å². The van der Waals surface area contributed by atoms with E-state index in [4.69, 9.17) is 0 Å². The highest BCUT2D eigenvalue weighted by atomic mass is 79.9. The minimum absolute atomic E-state index is 0.212. The van der Waals surface area contributed by atoms with E-state index in [0.29, 0.717) is 6.54 Å². The Morgan fingerprint density at radius 1 is 1.33 bits per heavy atom. The zero-order valence-electron chi connectivity index (χ0n) is 10.00. The average Bonchev–Trinajstić information content (AvgIpc) is 2.28. The smallest absolute Gasteiger partial charge is 0.246 e. The molecule has 0 unspecified atom stereocenters. The van der Waals surface area contributed by atoms with E-state index in [9.17, 15) is 9.59 Å². The molecule has 0 aliphatic carbocycles. The van der Waals surface area contributed by atoms with Gasteiger partial charge in [0.1, 0.15) is 0 Å². The first kappa shape index (κ1) is 13.0. The summed E-state index contributed by atoms with van der Waals surface area (Å²) in [6.07, 6.45) is 0. The van der Waals surface area contributed by atoms with Crippen LogP contribution in [0.3, 0.4) is 0 Å². The molecule has 2 amide bonds. The predicted molar refractivity (Wildman–Crippen MR) is 72.3 cm³/mol. The molecule has 2 N–H and O–H groups in total. The van der Waals surface area contributed by atoms with Crippen molar-refractivity contribution in [2.45, 2.75) is 6.54 Å². The third kappa shape index (κ3) is 2.88. The van der Waals surface area contributed by atoms with Gasteiger partial charge in [0.05, 0.1) is 13.1 Å². The van der Waals surface area contributed by atoms with Crippen molar-refractivity contribution in [2.24, 2.45) is 0 Å². The van der Waals surface area contributed by atoms with Crippen LogP contribution in [0.5, 0.6) is 0 Å². The number of amides is 2. The number of hydrogen-bond acceptors (Lipinski definition) is 4. The number of nitrogens with one attached hydrogen (secondary N) is 2. The lowest BCUT2D eigenvalue weighted by Crippen LogP contribution is -2.51. The second-order valence-corrected chi connectivity index (χ2v) is 5.05. The van der Waals surface area contributed by atoms with E-state index in [1.807, 2.05) is 25.2 Å². The van der Waals surface area contributed by atoms with Crippen LogP contribution in [-0.4, -0.2) is 32.0 Å². The fourth-order valence-electron chi connectivity index (χ4n) is 2.00. The molecule has 2 rings (SSSR count). The zero-order chi connectivity index (χ0) is 13.1. The first-order chi connectivity index (χ1) is 8.60. The molecule has 1 heterocycles. The van der Waals surface area contributed by atoms with Crippen molar-refractivity contribution in [2.75, 3.05) is 25.0 Å². The van der Waals surface area contributed by atoms with Crippen molar-refractivity contribution in [3.05, 3.63) is 28.2 Å². The predicted octanol–water partition coefficient (Wildman–Crippen LogP) is 0.631. The summed E-state index contributed by atoms with van der Waals surface area (Å²) in [7, 11) is 1.86. The Bertz CT molecular complexity index is 474. The van der Waals surface area contributed by atoms with Crippen LogP contribution in [0.2, 0.25) is 0 Å². The number of carbonyl (C=O) groups excluding carboxylic acids is 2. The third-order valence-corrected chi connectivity index (χ3v) is 3.19. The highest BCUT2D eigenvalue weighted by molar-refractivity contribution is 9.10. The number of anilines is 1. The number of carbonyl (C=O) groups is 2. The molecule has 1 aromatic rings. The van der Waals surface area contributed by atoms with E-state index in [1.165, 1.54) is 0 Å². The van der Waals surface area contributed by atoms with E-state index in [0.717, 1.165) is 15.7 Å². The van der Waals surface area contributed by atoms with Gasteiger partial charge in [-0.05, 0) is 30.8 Å². The lowest BCUT2D eigenvalue weighted by atomic mass is 10.1. The summed E-state index contributed by atoms with van der Waals surface area (Å²) in [5.41, 5.74) is 1.96. The van der Waals surface area contributed by atoms with Crippen LogP contribution in [-0.2, 0) is 16.1 Å². The summed E-state index contributed by atoms with van der Waals surface area (Å²) in [5.74, 6) is -0.519. The molecule has 18 heavy (non-hydrogen) atoms. The van der Waals surface area contributed by atoms with Crippen LogP contribution in [0.1, 0.15) is 5.56 Å². The maximum atomic E-state index is 11.4. The number of halogens is 1. The number of imide groups is 1. The van der Waals surface area contributed by atoms with E-state index in [-0.39, 0.29) is 24.9 Å². The Kier molecular flexibility index (Phi) is 3.98. The maximum absolute atomic E-state index is 11.4. The van der Waals surface area contributed by atoms with Crippen LogP contribution in [0, 0.1) is 0 Å². The van der Waals surface area contributed by atoms with E-state index in [1.54, 1.807) is 4.90 Å². The number of rotatable bonds is 3. The molecule has 0 radical (unpaired) electrons. The van der Waals surface area contributed by atoms with E-state index < -0.39 is 0 Å². The summed E-state index contributed by atoms with van der Waals surface area (Å²) >= 11 is 3.42. The van der Waals surface area contributed by atoms with Gasteiger partial charge in [-0.25, -0.2) is 0 Å². The van der Waals surface area contributed by atoms with Gasteiger partial charge in [-0.15, -0.1) is 0 Å². The normalized spacial score (nSPS) is 15.8. The topological polar surface area (TPSA) is 61.4 Å². The lowest BCUT2D eigenvalue weighted by Gasteiger charge is -2.29. The van der Waals surface area contributed by atoms with E-state index in [2.05, 4.69) is 26.6 Å². The van der Waals surface area contributed by atoms with Gasteiger partial charge in [0, 0.05) is 16.7 Å². The quantitative estimate of drug-likeness (QED) is 0.804. The van der Waals surface area contributed by atoms with Gasteiger partial charge in [-0.3, -0.25) is 14.9 Å². The van der Waals surface area contributed by atoms with Gasteiger partial charge in [-0.1, -0.05) is 15.9 Å². The van der Waals surface area contributed by atoms with E-state index >= 15 is 0 Å². The van der Waals surface area contributed by atoms with Crippen molar-refractivity contribution < 1.29 is 9.59 Å². The van der Waals surface area contributed by atoms with Crippen molar-refractivity contribution in [1.29, 1.82) is 0 Å². The lowest BCUT2D eigenvalue weighted by molar-refractivity contribution is -0.130. The summed E-state index contributed by atoms with van der Waals surface area (Å²) in [6, 6.07) is 5.82. The highest BCUT2D eigenvalue weighted by Crippen LogP contribution is 2.25. The molecule has 5 nitrogen and oxygen atoms in total. The van der Waals surface area contributed by atoms with Crippen molar-refractivity contribution in [3.63, 3.8) is 0 Å². The zero-order valence-corrected chi connectivity index (χ0v) is 11.6. The van der Waals surface area contributed by atoms with Gasteiger partial charge in [-0.2, -0.15) is 0 Å². The Hall–Kier alpha value is -1.40. The van der Waals surface area contributed by atoms with Crippen LogP contribution < -0.4 is 15.5 Å². The minimum atomic E-state index is -0.260. The average molecular weight is 312 g/mol. The monoisotopic (exact) mass is 311 g/mol. The molecule has 6 heteroatoms. The van der Waals surface area contributed by atoms with Crippen LogP contribution in [0.4, 0.5) is 5.69 Å². The Morgan fingerprint density at radius 3 is 2.61 bits per heavy atom. The first-order valence-corrected chi connectivity index (χ1v) is 6.40. The van der Waals surface area contributed by atoms with Crippen molar-refractivity contribution >= 4 is 33.4 Å².